The van der Waals surface area contributed by atoms with Crippen molar-refractivity contribution in [3.05, 3.63) is 45.8 Å². The minimum absolute atomic E-state index is 0.0223. The van der Waals surface area contributed by atoms with E-state index in [0.29, 0.717) is 29.3 Å². The molecule has 0 atom stereocenters. The van der Waals surface area contributed by atoms with Gasteiger partial charge in [0, 0.05) is 16.9 Å². The number of aromatic carboxylic acids is 1. The molecule has 2 heterocycles. The smallest absolute Gasteiger partial charge is 0.339 e. The van der Waals surface area contributed by atoms with E-state index in [2.05, 4.69) is 10.6 Å². The zero-order chi connectivity index (χ0) is 20.5. The summed E-state index contributed by atoms with van der Waals surface area (Å²) in [7, 11) is 1.51. The minimum atomic E-state index is -1.04. The number of methoxy groups -OCH3 is 1. The van der Waals surface area contributed by atoms with E-state index >= 15 is 0 Å². The Morgan fingerprint density at radius 3 is 2.79 bits per heavy atom. The van der Waals surface area contributed by atoms with Crippen molar-refractivity contribution < 1.29 is 24.2 Å². The second-order valence-electron chi connectivity index (χ2n) is 6.88. The number of carboxylic acids is 1. The fraction of sp³-hybridized carbons (Fsp3) is 0.316. The van der Waals surface area contributed by atoms with Crippen molar-refractivity contribution in [2.45, 2.75) is 32.5 Å². The van der Waals surface area contributed by atoms with Gasteiger partial charge in [0.1, 0.15) is 10.8 Å². The highest BCUT2D eigenvalue weighted by Crippen LogP contribution is 2.40. The maximum atomic E-state index is 12.4. The van der Waals surface area contributed by atoms with Gasteiger partial charge in [0.25, 0.3) is 5.91 Å². The van der Waals surface area contributed by atoms with Crippen LogP contribution in [-0.4, -0.2) is 34.8 Å². The molecule has 28 heavy (non-hydrogen) atoms. The van der Waals surface area contributed by atoms with Crippen LogP contribution in [0.4, 0.5) is 5.00 Å². The zero-order valence-electron chi connectivity index (χ0n) is 15.6. The average molecular weight is 421 g/mol. The van der Waals surface area contributed by atoms with Crippen molar-refractivity contribution in [2.75, 3.05) is 12.4 Å². The number of benzene rings is 1. The molecule has 1 aliphatic heterocycles. The van der Waals surface area contributed by atoms with Crippen LogP contribution in [0.3, 0.4) is 0 Å². The number of carbonyl (C=O) groups excluding carboxylic acids is 1. The summed E-state index contributed by atoms with van der Waals surface area (Å²) >= 11 is 6.49. The molecule has 3 rings (SSSR count). The Hall–Kier alpha value is -2.49. The van der Waals surface area contributed by atoms with E-state index in [1.165, 1.54) is 18.4 Å². The van der Waals surface area contributed by atoms with Gasteiger partial charge in [-0.2, -0.15) is 0 Å². The lowest BCUT2D eigenvalue weighted by molar-refractivity contribution is -0.0384. The van der Waals surface area contributed by atoms with E-state index in [1.54, 1.807) is 24.3 Å². The maximum Gasteiger partial charge on any atom is 0.339 e. The molecule has 0 saturated carbocycles. The van der Waals surface area contributed by atoms with Gasteiger partial charge in [-0.1, -0.05) is 6.07 Å². The first-order valence-corrected chi connectivity index (χ1v) is 9.71. The van der Waals surface area contributed by atoms with E-state index in [-0.39, 0.29) is 10.7 Å². The molecule has 1 aliphatic rings. The average Bonchev–Trinajstić information content (AvgIpc) is 2.97. The lowest BCUT2D eigenvalue weighted by atomic mass is 9.93. The second-order valence-corrected chi connectivity index (χ2v) is 8.39. The van der Waals surface area contributed by atoms with Crippen molar-refractivity contribution in [3.63, 3.8) is 0 Å². The molecule has 3 N–H and O–H groups in total. The van der Waals surface area contributed by atoms with Crippen molar-refractivity contribution in [1.29, 1.82) is 0 Å². The number of thiophene rings is 1. The van der Waals surface area contributed by atoms with Crippen LogP contribution in [0, 0.1) is 0 Å². The first-order chi connectivity index (χ1) is 13.2. The Labute approximate surface area is 171 Å². The van der Waals surface area contributed by atoms with Crippen molar-refractivity contribution in [1.82, 2.24) is 5.32 Å². The van der Waals surface area contributed by atoms with Crippen LogP contribution in [0.15, 0.2) is 24.3 Å². The Balaban J connectivity index is 1.78. The second kappa shape index (κ2) is 7.86. The summed E-state index contributed by atoms with van der Waals surface area (Å²) in [6.07, 6.45) is 0.491. The van der Waals surface area contributed by atoms with Gasteiger partial charge in [-0.05, 0) is 49.8 Å². The number of thiocarbonyl (C=S) groups is 1. The topological polar surface area (TPSA) is 96.9 Å². The summed E-state index contributed by atoms with van der Waals surface area (Å²) in [5, 5.41) is 15.5. The zero-order valence-corrected chi connectivity index (χ0v) is 17.3. The van der Waals surface area contributed by atoms with Crippen LogP contribution in [0.2, 0.25) is 0 Å². The molecule has 2 aromatic rings. The number of rotatable bonds is 4. The molecule has 0 fully saturated rings. The minimum Gasteiger partial charge on any atom is -0.497 e. The molecular weight excluding hydrogens is 400 g/mol. The number of ether oxygens (including phenoxy) is 2. The molecule has 0 saturated heterocycles. The normalized spacial score (nSPS) is 14.7. The first kappa shape index (κ1) is 20.2. The highest BCUT2D eigenvalue weighted by molar-refractivity contribution is 7.80. The summed E-state index contributed by atoms with van der Waals surface area (Å²) < 4.78 is 10.9. The third kappa shape index (κ3) is 4.32. The highest BCUT2D eigenvalue weighted by atomic mass is 32.1. The number of amides is 1. The molecule has 0 bridgehead atoms. The third-order valence-electron chi connectivity index (χ3n) is 4.29. The predicted molar refractivity (Wildman–Crippen MR) is 111 cm³/mol. The fourth-order valence-electron chi connectivity index (χ4n) is 2.94. The number of anilines is 1. The number of carboxylic acid groups (broad SMARTS) is 1. The van der Waals surface area contributed by atoms with Crippen molar-refractivity contribution >= 4 is 45.5 Å². The number of hydrogen-bond acceptors (Lipinski definition) is 6. The van der Waals surface area contributed by atoms with E-state index < -0.39 is 17.5 Å². The molecule has 0 aliphatic carbocycles. The Kier molecular flexibility index (Phi) is 5.69. The molecule has 7 nitrogen and oxygen atoms in total. The molecule has 0 radical (unpaired) electrons. The summed E-state index contributed by atoms with van der Waals surface area (Å²) in [6.45, 7) is 4.19. The summed E-state index contributed by atoms with van der Waals surface area (Å²) in [4.78, 5) is 25.1. The monoisotopic (exact) mass is 420 g/mol. The largest absolute Gasteiger partial charge is 0.497 e. The Morgan fingerprint density at radius 2 is 2.11 bits per heavy atom. The predicted octanol–water partition coefficient (Wildman–Crippen LogP) is 3.43. The number of carbonyl (C=O) groups is 2. The van der Waals surface area contributed by atoms with Gasteiger partial charge < -0.3 is 19.9 Å². The van der Waals surface area contributed by atoms with E-state index in [1.807, 2.05) is 13.8 Å². The first-order valence-electron chi connectivity index (χ1n) is 8.48. The van der Waals surface area contributed by atoms with Gasteiger partial charge in [-0.25, -0.2) is 4.79 Å². The molecule has 148 valence electrons. The van der Waals surface area contributed by atoms with Crippen LogP contribution in [0.1, 0.15) is 45.0 Å². The summed E-state index contributed by atoms with van der Waals surface area (Å²) in [6, 6.07) is 6.64. The summed E-state index contributed by atoms with van der Waals surface area (Å²) in [5.41, 5.74) is 0.867. The van der Waals surface area contributed by atoms with Gasteiger partial charge in [-0.15, -0.1) is 11.3 Å². The lowest BCUT2D eigenvalue weighted by Crippen LogP contribution is -2.34. The Bertz CT molecular complexity index is 952. The molecule has 9 heteroatoms. The Morgan fingerprint density at radius 1 is 1.36 bits per heavy atom. The number of nitrogens with one attached hydrogen (secondary N) is 2. The molecule has 0 unspecified atom stereocenters. The lowest BCUT2D eigenvalue weighted by Gasteiger charge is -2.30. The summed E-state index contributed by atoms with van der Waals surface area (Å²) in [5.74, 6) is -0.910. The maximum absolute atomic E-state index is 12.4. The molecular formula is C19H20N2O5S2. The van der Waals surface area contributed by atoms with Gasteiger partial charge in [0.2, 0.25) is 0 Å². The van der Waals surface area contributed by atoms with E-state index in [4.69, 9.17) is 21.7 Å². The van der Waals surface area contributed by atoms with Gasteiger partial charge >= 0.3 is 5.97 Å². The molecule has 1 aromatic heterocycles. The SMILES string of the molecule is COc1cccc(C(=O)NC(=S)Nc2sc3c(c2C(=O)O)CC(C)(C)OC3)c1. The standard InChI is InChI=1S/C19H20N2O5S2/c1-19(2)8-12-13(9-26-19)28-16(14(12)17(23)24)21-18(27)20-15(22)10-5-4-6-11(7-10)25-3/h4-7H,8-9H2,1-3H3,(H,23,24)(H2,20,21,22,27). The molecule has 1 amide bonds. The fourth-order valence-corrected chi connectivity index (χ4v) is 4.33. The van der Waals surface area contributed by atoms with Crippen LogP contribution in [0.5, 0.6) is 5.75 Å². The van der Waals surface area contributed by atoms with E-state index in [0.717, 1.165) is 10.4 Å². The number of fused-ring (bicyclic) bond motifs is 1. The van der Waals surface area contributed by atoms with Crippen LogP contribution < -0.4 is 15.4 Å². The number of hydrogen-bond donors (Lipinski definition) is 3. The van der Waals surface area contributed by atoms with Crippen molar-refractivity contribution in [2.24, 2.45) is 0 Å². The quantitative estimate of drug-likeness (QED) is 0.652. The van der Waals surface area contributed by atoms with Gasteiger partial charge in [0.15, 0.2) is 5.11 Å². The molecule has 1 aromatic carbocycles. The van der Waals surface area contributed by atoms with Crippen molar-refractivity contribution in [3.8, 4) is 5.75 Å². The van der Waals surface area contributed by atoms with Gasteiger partial charge in [-0.3, -0.25) is 10.1 Å². The third-order valence-corrected chi connectivity index (χ3v) is 5.61. The van der Waals surface area contributed by atoms with Crippen LogP contribution >= 0.6 is 23.6 Å². The van der Waals surface area contributed by atoms with E-state index in [9.17, 15) is 14.7 Å². The van der Waals surface area contributed by atoms with Crippen LogP contribution in [-0.2, 0) is 17.8 Å². The van der Waals surface area contributed by atoms with Crippen LogP contribution in [0.25, 0.3) is 0 Å². The molecule has 0 spiro atoms. The van der Waals surface area contributed by atoms with Gasteiger partial charge in [0.05, 0.1) is 24.9 Å². The highest BCUT2D eigenvalue weighted by Gasteiger charge is 2.33.